The van der Waals surface area contributed by atoms with Crippen LogP contribution in [-0.2, 0) is 0 Å². The Bertz CT molecular complexity index is 8240. The molecule has 0 N–H and O–H groups in total. The third-order valence-corrected chi connectivity index (χ3v) is 24.2. The molecule has 0 radical (unpaired) electrons. The lowest BCUT2D eigenvalue weighted by atomic mass is 9.97. The van der Waals surface area contributed by atoms with Gasteiger partial charge in [0.2, 0.25) is 0 Å². The Balaban J connectivity index is 0.000000112. The van der Waals surface area contributed by atoms with Crippen molar-refractivity contribution in [1.82, 2.24) is 29.9 Å². The highest BCUT2D eigenvalue weighted by Gasteiger charge is 2.19. The average Bonchev–Trinajstić information content (AvgIpc) is 0.746. The van der Waals surface area contributed by atoms with Crippen LogP contribution >= 0.6 is 0 Å². The molecule has 0 aliphatic rings. The summed E-state index contributed by atoms with van der Waals surface area (Å²) in [5.41, 5.74) is 26.2. The van der Waals surface area contributed by atoms with Crippen molar-refractivity contribution in [3.8, 4) is 135 Å². The van der Waals surface area contributed by atoms with Gasteiger partial charge in [-0.3, -0.25) is 0 Å². The van der Waals surface area contributed by atoms with Crippen LogP contribution in [0.2, 0.25) is 0 Å². The summed E-state index contributed by atoms with van der Waals surface area (Å²) in [7, 11) is 0. The molecule has 6 heteroatoms. The van der Waals surface area contributed by atoms with Gasteiger partial charge in [0.25, 0.3) is 0 Å². The number of hydrogen-bond donors (Lipinski definition) is 0. The van der Waals surface area contributed by atoms with E-state index >= 15 is 0 Å². The van der Waals surface area contributed by atoms with Crippen molar-refractivity contribution >= 4 is 97.3 Å². The molecule has 24 rings (SSSR count). The standard InChI is InChI=1S/C44H30N2.C40H26N2.C36H22N2/c1-3-11-31(12-4-1)37-15-9-17-39(29-37)33-21-25-35(26-22-33)43-41-19-7-8-20-42(41)45-44(46-43)36-27-23-34(24-28-36)40-18-10-16-38(30-40)32-13-5-2-6-14-32;1-3-9-33-25-35(23-17-27(33)7-1)29-13-19-31(20-14-29)39-37-11-5-6-12-38(37)41-40(42-39)32-21-15-30(16-22-32)36-24-18-28-8-2-4-10-34(28)26-36;1-3-9-29-23(7-1)13-15-25-21-27(17-19-31(25)29)35-33-11-5-6-12-34(33)37-36(38-35)28-18-20-32-26(22-28)16-14-24-8-2-4-10-30(24)32/h1-30H;1-26H;1-22H. The van der Waals surface area contributed by atoms with Gasteiger partial charge in [0.15, 0.2) is 17.5 Å². The second-order valence-corrected chi connectivity index (χ2v) is 32.0. The van der Waals surface area contributed by atoms with E-state index in [-0.39, 0.29) is 0 Å². The van der Waals surface area contributed by atoms with Gasteiger partial charge >= 0.3 is 0 Å². The van der Waals surface area contributed by atoms with Crippen molar-refractivity contribution in [2.24, 2.45) is 0 Å². The van der Waals surface area contributed by atoms with Crippen LogP contribution in [0.1, 0.15) is 0 Å². The van der Waals surface area contributed by atoms with Crippen LogP contribution in [0.4, 0.5) is 0 Å². The van der Waals surface area contributed by atoms with Gasteiger partial charge in [-0.25, -0.2) is 29.9 Å². The monoisotopic (exact) mass is 1600 g/mol. The number of benzene rings is 21. The largest absolute Gasteiger partial charge is 0.228 e. The van der Waals surface area contributed by atoms with Crippen LogP contribution in [0, 0.1) is 0 Å². The fourth-order valence-electron chi connectivity index (χ4n) is 17.6. The molecule has 126 heavy (non-hydrogen) atoms. The predicted octanol–water partition coefficient (Wildman–Crippen LogP) is 31.8. The van der Waals surface area contributed by atoms with Gasteiger partial charge in [0.05, 0.1) is 33.6 Å². The van der Waals surface area contributed by atoms with E-state index in [0.29, 0.717) is 0 Å². The Morgan fingerprint density at radius 1 is 0.103 bits per heavy atom. The van der Waals surface area contributed by atoms with Gasteiger partial charge < -0.3 is 0 Å². The average molecular weight is 1600 g/mol. The first kappa shape index (κ1) is 75.4. The zero-order chi connectivity index (χ0) is 83.6. The van der Waals surface area contributed by atoms with Crippen molar-refractivity contribution in [2.75, 3.05) is 0 Å². The third-order valence-electron chi connectivity index (χ3n) is 24.2. The number of aromatic nitrogens is 6. The van der Waals surface area contributed by atoms with Crippen molar-refractivity contribution in [1.29, 1.82) is 0 Å². The summed E-state index contributed by atoms with van der Waals surface area (Å²) in [4.78, 5) is 30.4. The molecule has 0 unspecified atom stereocenters. The molecule has 0 aliphatic heterocycles. The molecule has 0 aliphatic carbocycles. The number of fused-ring (bicyclic) bond motifs is 11. The van der Waals surface area contributed by atoms with Crippen molar-refractivity contribution in [3.63, 3.8) is 0 Å². The van der Waals surface area contributed by atoms with E-state index < -0.39 is 0 Å². The number of nitrogens with zero attached hydrogens (tertiary/aromatic N) is 6. The minimum atomic E-state index is 0.720. The van der Waals surface area contributed by atoms with Gasteiger partial charge in [0.1, 0.15) is 0 Å². The minimum absolute atomic E-state index is 0.720. The van der Waals surface area contributed by atoms with E-state index in [1.807, 2.05) is 24.3 Å². The SMILES string of the molecule is c1ccc(-c2cccc(-c3ccc(-c4nc(-c5ccc(-c6cccc(-c7ccccc7)c6)cc5)c5ccccc5n4)cc3)c2)cc1.c1ccc2c(c1)ccc1cc(-c3nc(-c4ccc5c(ccc6ccccc65)c4)c4ccccc4n3)ccc12.c1ccc2cc(-c3ccc(-c4nc(-c5ccc(-c6ccc7ccccc7c6)cc5)c5ccccc5n4)cc3)ccc2c1. The normalized spacial score (nSPS) is 11.3. The molecule has 21 aromatic carbocycles. The molecule has 588 valence electrons. The summed E-state index contributed by atoms with van der Waals surface area (Å²) in [6.45, 7) is 0. The van der Waals surface area contributed by atoms with Gasteiger partial charge in [-0.15, -0.1) is 0 Å². The molecule has 0 bridgehead atoms. The fraction of sp³-hybridized carbons (Fsp3) is 0. The third kappa shape index (κ3) is 15.2. The first-order valence-electron chi connectivity index (χ1n) is 42.7. The Kier molecular flexibility index (Phi) is 19.9. The Morgan fingerprint density at radius 2 is 0.333 bits per heavy atom. The highest BCUT2D eigenvalue weighted by Crippen LogP contribution is 2.40. The molecule has 0 amide bonds. The van der Waals surface area contributed by atoms with Crippen LogP contribution < -0.4 is 0 Å². The first-order valence-corrected chi connectivity index (χ1v) is 42.7. The molecule has 0 atom stereocenters. The zero-order valence-corrected chi connectivity index (χ0v) is 68.7. The zero-order valence-electron chi connectivity index (χ0n) is 68.7. The van der Waals surface area contributed by atoms with Gasteiger partial charge in [-0.1, -0.05) is 419 Å². The lowest BCUT2D eigenvalue weighted by molar-refractivity contribution is 1.23. The molecular weight excluding hydrogens is 1530 g/mol. The Morgan fingerprint density at radius 3 is 0.730 bits per heavy atom. The second kappa shape index (κ2) is 33.3. The molecule has 0 fully saturated rings. The number of para-hydroxylation sites is 3. The quantitative estimate of drug-likeness (QED) is 0.113. The second-order valence-electron chi connectivity index (χ2n) is 32.0. The smallest absolute Gasteiger partial charge is 0.160 e. The van der Waals surface area contributed by atoms with Crippen molar-refractivity contribution in [3.05, 3.63) is 473 Å². The van der Waals surface area contributed by atoms with Gasteiger partial charge in [-0.05, 0) is 186 Å². The number of hydrogen-bond acceptors (Lipinski definition) is 6. The predicted molar refractivity (Wildman–Crippen MR) is 529 cm³/mol. The van der Waals surface area contributed by atoms with Crippen LogP contribution in [0.5, 0.6) is 0 Å². The van der Waals surface area contributed by atoms with Crippen molar-refractivity contribution < 1.29 is 0 Å². The minimum Gasteiger partial charge on any atom is -0.228 e. The topological polar surface area (TPSA) is 77.3 Å². The van der Waals surface area contributed by atoms with E-state index in [1.165, 1.54) is 126 Å². The van der Waals surface area contributed by atoms with Crippen LogP contribution in [0.3, 0.4) is 0 Å². The Labute approximate surface area is 730 Å². The highest BCUT2D eigenvalue weighted by atomic mass is 14.9. The molecule has 0 spiro atoms. The maximum atomic E-state index is 5.17. The van der Waals surface area contributed by atoms with Crippen LogP contribution in [0.25, 0.3) is 232 Å². The summed E-state index contributed by atoms with van der Waals surface area (Å²) in [6, 6.07) is 167. The lowest BCUT2D eigenvalue weighted by Crippen LogP contribution is -1.95. The van der Waals surface area contributed by atoms with Gasteiger partial charge in [0, 0.05) is 49.5 Å². The first-order chi connectivity index (χ1) is 62.4. The number of rotatable bonds is 12. The van der Waals surface area contributed by atoms with E-state index in [1.54, 1.807) is 0 Å². The van der Waals surface area contributed by atoms with Gasteiger partial charge in [-0.2, -0.15) is 0 Å². The van der Waals surface area contributed by atoms with E-state index in [4.69, 9.17) is 29.9 Å². The molecule has 3 heterocycles. The van der Waals surface area contributed by atoms with E-state index in [9.17, 15) is 0 Å². The lowest BCUT2D eigenvalue weighted by Gasteiger charge is -2.12. The summed E-state index contributed by atoms with van der Waals surface area (Å²) >= 11 is 0. The highest BCUT2D eigenvalue weighted by molar-refractivity contribution is 6.11. The van der Waals surface area contributed by atoms with Crippen molar-refractivity contribution in [2.45, 2.75) is 0 Å². The summed E-state index contributed by atoms with van der Waals surface area (Å²) in [6.07, 6.45) is 0. The molecule has 0 saturated heterocycles. The van der Waals surface area contributed by atoms with Crippen LogP contribution in [-0.4, -0.2) is 29.9 Å². The Hall–Kier alpha value is -16.8. The van der Waals surface area contributed by atoms with Crippen LogP contribution in [0.15, 0.2) is 473 Å². The maximum Gasteiger partial charge on any atom is 0.160 e. The molecule has 3 aromatic heterocycles. The molecule has 24 aromatic rings. The summed E-state index contributed by atoms with van der Waals surface area (Å²) in [5, 5.41) is 18.1. The maximum absolute atomic E-state index is 5.17. The van der Waals surface area contributed by atoms with E-state index in [2.05, 4.69) is 449 Å². The summed E-state index contributed by atoms with van der Waals surface area (Å²) in [5.74, 6) is 2.19. The molecule has 6 nitrogen and oxygen atoms in total. The van der Waals surface area contributed by atoms with E-state index in [0.717, 1.165) is 106 Å². The fourth-order valence-corrected chi connectivity index (χ4v) is 17.6. The molecule has 0 saturated carbocycles. The summed E-state index contributed by atoms with van der Waals surface area (Å²) < 4.78 is 0. The molecular formula is C120H78N6.